The maximum Gasteiger partial charge on any atom is 0.213 e. The van der Waals surface area contributed by atoms with Gasteiger partial charge in [0, 0.05) is 6.54 Å². The van der Waals surface area contributed by atoms with Gasteiger partial charge in [0.05, 0.1) is 13.2 Å². The van der Waals surface area contributed by atoms with Crippen molar-refractivity contribution in [1.82, 2.24) is 15.5 Å². The molecule has 0 saturated carbocycles. The molecule has 1 aromatic heterocycles. The van der Waals surface area contributed by atoms with Crippen LogP contribution in [0.15, 0.2) is 35.2 Å². The fourth-order valence-electron chi connectivity index (χ4n) is 1.55. The summed E-state index contributed by atoms with van der Waals surface area (Å²) in [5, 5.41) is 6.98. The minimum atomic E-state index is 0.594. The van der Waals surface area contributed by atoms with E-state index in [1.165, 1.54) is 12.0 Å². The number of ether oxygens (including phenoxy) is 1. The van der Waals surface area contributed by atoms with Gasteiger partial charge in [-0.25, -0.2) is 0 Å². The molecule has 0 radical (unpaired) electrons. The first-order chi connectivity index (χ1) is 8.88. The molecule has 1 heterocycles. The van der Waals surface area contributed by atoms with Crippen LogP contribution in [-0.4, -0.2) is 16.7 Å². The van der Waals surface area contributed by atoms with E-state index in [1.807, 2.05) is 18.2 Å². The molecule has 18 heavy (non-hydrogen) atoms. The van der Waals surface area contributed by atoms with Gasteiger partial charge in [-0.15, -0.1) is 0 Å². The van der Waals surface area contributed by atoms with E-state index < -0.39 is 0 Å². The summed E-state index contributed by atoms with van der Waals surface area (Å²) in [4.78, 5) is 3.94. The van der Waals surface area contributed by atoms with Crippen molar-refractivity contribution in [2.75, 3.05) is 6.61 Å². The summed E-state index contributed by atoms with van der Waals surface area (Å²) < 4.78 is 10.2. The number of benzene rings is 1. The Morgan fingerprint density at radius 1 is 1.33 bits per heavy atom. The maximum atomic E-state index is 5.58. The van der Waals surface area contributed by atoms with Crippen molar-refractivity contribution in [3.05, 3.63) is 42.0 Å². The summed E-state index contributed by atoms with van der Waals surface area (Å²) in [7, 11) is 0. The predicted molar refractivity (Wildman–Crippen MR) is 67.1 cm³/mol. The highest BCUT2D eigenvalue weighted by Crippen LogP contribution is 2.13. The van der Waals surface area contributed by atoms with Crippen LogP contribution in [0.5, 0.6) is 5.75 Å². The van der Waals surface area contributed by atoms with Crippen molar-refractivity contribution in [3.8, 4) is 5.75 Å². The second-order valence-electron chi connectivity index (χ2n) is 3.95. The number of aromatic nitrogens is 2. The normalized spacial score (nSPS) is 10.5. The van der Waals surface area contributed by atoms with Gasteiger partial charge in [-0.05, 0) is 24.1 Å². The predicted octanol–water partition coefficient (Wildman–Crippen LogP) is 2.15. The second-order valence-corrected chi connectivity index (χ2v) is 3.95. The first-order valence-electron chi connectivity index (χ1n) is 6.06. The van der Waals surface area contributed by atoms with Crippen LogP contribution in [-0.2, 0) is 13.1 Å². The van der Waals surface area contributed by atoms with Gasteiger partial charge in [0.15, 0.2) is 5.82 Å². The largest absolute Gasteiger partial charge is 0.494 e. The van der Waals surface area contributed by atoms with Gasteiger partial charge in [-0.3, -0.25) is 0 Å². The van der Waals surface area contributed by atoms with E-state index in [1.54, 1.807) is 0 Å². The minimum Gasteiger partial charge on any atom is -0.494 e. The third-order valence-electron chi connectivity index (χ3n) is 2.39. The van der Waals surface area contributed by atoms with E-state index in [-0.39, 0.29) is 0 Å². The highest BCUT2D eigenvalue weighted by molar-refractivity contribution is 5.28. The molecule has 0 fully saturated rings. The van der Waals surface area contributed by atoms with E-state index >= 15 is 0 Å². The summed E-state index contributed by atoms with van der Waals surface area (Å²) in [6, 6.07) is 8.07. The monoisotopic (exact) mass is 247 g/mol. The summed E-state index contributed by atoms with van der Waals surface area (Å²) in [5.41, 5.74) is 1.17. The molecule has 0 aliphatic carbocycles. The van der Waals surface area contributed by atoms with Crippen molar-refractivity contribution < 1.29 is 9.26 Å². The van der Waals surface area contributed by atoms with Crippen molar-refractivity contribution in [1.29, 1.82) is 0 Å². The SMILES string of the molecule is CCCOc1cccc(CNCc2ncon2)c1. The average molecular weight is 247 g/mol. The van der Waals surface area contributed by atoms with Crippen LogP contribution in [0.3, 0.4) is 0 Å². The summed E-state index contributed by atoms with van der Waals surface area (Å²) in [5.74, 6) is 1.57. The second kappa shape index (κ2) is 6.76. The van der Waals surface area contributed by atoms with Gasteiger partial charge in [-0.2, -0.15) is 4.98 Å². The Bertz CT molecular complexity index is 457. The Kier molecular flexibility index (Phi) is 4.72. The Morgan fingerprint density at radius 3 is 3.06 bits per heavy atom. The highest BCUT2D eigenvalue weighted by Gasteiger charge is 1.99. The van der Waals surface area contributed by atoms with E-state index in [0.29, 0.717) is 12.4 Å². The van der Waals surface area contributed by atoms with Gasteiger partial charge < -0.3 is 14.6 Å². The molecule has 0 aliphatic heterocycles. The lowest BCUT2D eigenvalue weighted by molar-refractivity contribution is 0.317. The third-order valence-corrected chi connectivity index (χ3v) is 2.39. The molecule has 1 N–H and O–H groups in total. The number of hydrogen-bond donors (Lipinski definition) is 1. The minimum absolute atomic E-state index is 0.594. The highest BCUT2D eigenvalue weighted by atomic mass is 16.5. The number of nitrogens with one attached hydrogen (secondary N) is 1. The van der Waals surface area contributed by atoms with Crippen LogP contribution in [0.4, 0.5) is 0 Å². The van der Waals surface area contributed by atoms with Crippen LogP contribution in [0.1, 0.15) is 24.7 Å². The van der Waals surface area contributed by atoms with Crippen molar-refractivity contribution in [2.24, 2.45) is 0 Å². The summed E-state index contributed by atoms with van der Waals surface area (Å²) >= 11 is 0. The zero-order chi connectivity index (χ0) is 12.6. The zero-order valence-electron chi connectivity index (χ0n) is 10.4. The van der Waals surface area contributed by atoms with Crippen LogP contribution in [0.2, 0.25) is 0 Å². The molecule has 1 aromatic carbocycles. The maximum absolute atomic E-state index is 5.58. The first-order valence-corrected chi connectivity index (χ1v) is 6.06. The quantitative estimate of drug-likeness (QED) is 0.812. The molecule has 5 heteroatoms. The molecule has 0 aliphatic rings. The average Bonchev–Trinajstić information content (AvgIpc) is 2.90. The summed E-state index contributed by atoms with van der Waals surface area (Å²) in [6.45, 7) is 4.18. The standard InChI is InChI=1S/C13H17N3O2/c1-2-6-17-12-5-3-4-11(7-12)8-14-9-13-15-10-18-16-13/h3-5,7,10,14H,2,6,8-9H2,1H3. The van der Waals surface area contributed by atoms with Gasteiger partial charge in [0.1, 0.15) is 5.75 Å². The first kappa shape index (κ1) is 12.6. The lowest BCUT2D eigenvalue weighted by Gasteiger charge is -2.07. The van der Waals surface area contributed by atoms with Gasteiger partial charge in [0.25, 0.3) is 0 Å². The van der Waals surface area contributed by atoms with E-state index in [2.05, 4.69) is 33.0 Å². The lowest BCUT2D eigenvalue weighted by Crippen LogP contribution is -2.13. The molecule has 2 aromatic rings. The molecule has 2 rings (SSSR count). The Balaban J connectivity index is 1.81. The van der Waals surface area contributed by atoms with Gasteiger partial charge >= 0.3 is 0 Å². The van der Waals surface area contributed by atoms with Crippen LogP contribution >= 0.6 is 0 Å². The van der Waals surface area contributed by atoms with Crippen molar-refractivity contribution in [3.63, 3.8) is 0 Å². The van der Waals surface area contributed by atoms with E-state index in [0.717, 1.165) is 25.3 Å². The molecular formula is C13H17N3O2. The summed E-state index contributed by atoms with van der Waals surface area (Å²) in [6.07, 6.45) is 2.34. The molecule has 5 nitrogen and oxygen atoms in total. The van der Waals surface area contributed by atoms with Crippen LogP contribution < -0.4 is 10.1 Å². The number of hydrogen-bond acceptors (Lipinski definition) is 5. The topological polar surface area (TPSA) is 60.2 Å². The van der Waals surface area contributed by atoms with Gasteiger partial charge in [0.2, 0.25) is 6.39 Å². The van der Waals surface area contributed by atoms with Crippen LogP contribution in [0.25, 0.3) is 0 Å². The molecule has 0 amide bonds. The zero-order valence-corrected chi connectivity index (χ0v) is 10.4. The molecule has 0 spiro atoms. The van der Waals surface area contributed by atoms with E-state index in [9.17, 15) is 0 Å². The van der Waals surface area contributed by atoms with E-state index in [4.69, 9.17) is 4.74 Å². The number of nitrogens with zero attached hydrogens (tertiary/aromatic N) is 2. The molecule has 0 bridgehead atoms. The lowest BCUT2D eigenvalue weighted by atomic mass is 10.2. The van der Waals surface area contributed by atoms with Crippen molar-refractivity contribution >= 4 is 0 Å². The fraction of sp³-hybridized carbons (Fsp3) is 0.385. The Hall–Kier alpha value is -1.88. The number of rotatable bonds is 7. The third kappa shape index (κ3) is 3.85. The molecule has 0 saturated heterocycles. The molecule has 0 atom stereocenters. The Labute approximate surface area is 106 Å². The molecular weight excluding hydrogens is 230 g/mol. The van der Waals surface area contributed by atoms with Crippen molar-refractivity contribution in [2.45, 2.75) is 26.4 Å². The molecule has 0 unspecified atom stereocenters. The van der Waals surface area contributed by atoms with Crippen LogP contribution in [0, 0.1) is 0 Å². The van der Waals surface area contributed by atoms with Gasteiger partial charge in [-0.1, -0.05) is 24.2 Å². The fourth-order valence-corrected chi connectivity index (χ4v) is 1.55. The smallest absolute Gasteiger partial charge is 0.213 e. The Morgan fingerprint density at radius 2 is 2.28 bits per heavy atom. The molecule has 96 valence electrons.